The fourth-order valence-electron chi connectivity index (χ4n) is 1.69. The maximum Gasteiger partial charge on any atom is 0.240 e. The SMILES string of the molecule is COCC(NS(=O)(=O)c1cccc(C#CCO)c1)C(C)C. The Balaban J connectivity index is 3.01. The van der Waals surface area contributed by atoms with Gasteiger partial charge in [-0.3, -0.25) is 0 Å². The van der Waals surface area contributed by atoms with Crippen molar-refractivity contribution in [2.75, 3.05) is 20.3 Å². The second-order valence-electron chi connectivity index (χ2n) is 4.91. The van der Waals surface area contributed by atoms with E-state index in [4.69, 9.17) is 9.84 Å². The molecule has 5 nitrogen and oxygen atoms in total. The molecule has 1 atom stereocenters. The van der Waals surface area contributed by atoms with Crippen molar-refractivity contribution in [1.29, 1.82) is 0 Å². The summed E-state index contributed by atoms with van der Waals surface area (Å²) in [6, 6.07) is 6.01. The first-order chi connectivity index (χ1) is 9.90. The number of hydrogen-bond acceptors (Lipinski definition) is 4. The summed E-state index contributed by atoms with van der Waals surface area (Å²) in [4.78, 5) is 0.147. The molecule has 0 saturated heterocycles. The van der Waals surface area contributed by atoms with Crippen LogP contribution in [-0.4, -0.2) is 39.9 Å². The third-order valence-corrected chi connectivity index (χ3v) is 4.40. The molecule has 0 saturated carbocycles. The van der Waals surface area contributed by atoms with Crippen molar-refractivity contribution in [3.05, 3.63) is 29.8 Å². The van der Waals surface area contributed by atoms with Crippen LogP contribution in [0.25, 0.3) is 0 Å². The van der Waals surface area contributed by atoms with Gasteiger partial charge in [0, 0.05) is 18.7 Å². The van der Waals surface area contributed by atoms with Crippen LogP contribution in [0.4, 0.5) is 0 Å². The fourth-order valence-corrected chi connectivity index (χ4v) is 3.11. The van der Waals surface area contributed by atoms with Crippen molar-refractivity contribution in [2.45, 2.75) is 24.8 Å². The highest BCUT2D eigenvalue weighted by atomic mass is 32.2. The van der Waals surface area contributed by atoms with Gasteiger partial charge in [0.2, 0.25) is 10.0 Å². The van der Waals surface area contributed by atoms with Gasteiger partial charge in [-0.1, -0.05) is 31.8 Å². The van der Waals surface area contributed by atoms with Gasteiger partial charge in [-0.15, -0.1) is 0 Å². The summed E-state index contributed by atoms with van der Waals surface area (Å²) in [7, 11) is -2.10. The molecule has 1 rings (SSSR count). The fraction of sp³-hybridized carbons (Fsp3) is 0.467. The van der Waals surface area contributed by atoms with Crippen LogP contribution in [0.5, 0.6) is 0 Å². The molecule has 0 radical (unpaired) electrons. The molecule has 1 aromatic carbocycles. The molecule has 116 valence electrons. The Labute approximate surface area is 126 Å². The molecule has 2 N–H and O–H groups in total. The van der Waals surface area contributed by atoms with Gasteiger partial charge < -0.3 is 9.84 Å². The van der Waals surface area contributed by atoms with Crippen LogP contribution in [-0.2, 0) is 14.8 Å². The Morgan fingerprint density at radius 2 is 2.10 bits per heavy atom. The zero-order valence-corrected chi connectivity index (χ0v) is 13.3. The van der Waals surface area contributed by atoms with E-state index >= 15 is 0 Å². The summed E-state index contributed by atoms with van der Waals surface area (Å²) in [6.45, 7) is 3.89. The first-order valence-corrected chi connectivity index (χ1v) is 8.10. The molecule has 0 bridgehead atoms. The summed E-state index contributed by atoms with van der Waals surface area (Å²) in [5.41, 5.74) is 0.541. The predicted molar refractivity (Wildman–Crippen MR) is 81.2 cm³/mol. The smallest absolute Gasteiger partial charge is 0.240 e. The lowest BCUT2D eigenvalue weighted by molar-refractivity contribution is 0.157. The van der Waals surface area contributed by atoms with Gasteiger partial charge in [-0.25, -0.2) is 13.1 Å². The minimum atomic E-state index is -3.63. The average molecular weight is 311 g/mol. The lowest BCUT2D eigenvalue weighted by atomic mass is 10.1. The lowest BCUT2D eigenvalue weighted by Crippen LogP contribution is -2.41. The van der Waals surface area contributed by atoms with Crippen LogP contribution in [0.15, 0.2) is 29.2 Å². The van der Waals surface area contributed by atoms with Crippen LogP contribution in [0.1, 0.15) is 19.4 Å². The van der Waals surface area contributed by atoms with Crippen molar-refractivity contribution in [1.82, 2.24) is 4.72 Å². The number of nitrogens with one attached hydrogen (secondary N) is 1. The van der Waals surface area contributed by atoms with Crippen molar-refractivity contribution < 1.29 is 18.3 Å². The summed E-state index contributed by atoms with van der Waals surface area (Å²) in [5.74, 6) is 5.29. The average Bonchev–Trinajstić information content (AvgIpc) is 2.44. The van der Waals surface area contributed by atoms with Crippen LogP contribution in [0.3, 0.4) is 0 Å². The highest BCUT2D eigenvalue weighted by Gasteiger charge is 2.22. The molecule has 0 spiro atoms. The lowest BCUT2D eigenvalue weighted by Gasteiger charge is -2.21. The number of rotatable bonds is 6. The Hall–Kier alpha value is -1.39. The first kappa shape index (κ1) is 17.7. The molecular formula is C15H21NO4S. The molecule has 6 heteroatoms. The number of benzene rings is 1. The van der Waals surface area contributed by atoms with Crippen LogP contribution >= 0.6 is 0 Å². The largest absolute Gasteiger partial charge is 0.384 e. The summed E-state index contributed by atoms with van der Waals surface area (Å²) < 4.78 is 32.5. The van der Waals surface area contributed by atoms with Gasteiger partial charge in [0.05, 0.1) is 11.5 Å². The molecule has 0 amide bonds. The third-order valence-electron chi connectivity index (χ3n) is 2.91. The van der Waals surface area contributed by atoms with Crippen LogP contribution in [0.2, 0.25) is 0 Å². The van der Waals surface area contributed by atoms with E-state index in [2.05, 4.69) is 16.6 Å². The van der Waals surface area contributed by atoms with E-state index in [9.17, 15) is 8.42 Å². The summed E-state index contributed by atoms with van der Waals surface area (Å²) in [5, 5.41) is 8.68. The molecule has 0 aromatic heterocycles. The van der Waals surface area contributed by atoms with E-state index in [1.807, 2.05) is 13.8 Å². The van der Waals surface area contributed by atoms with Crippen LogP contribution in [0, 0.1) is 17.8 Å². The van der Waals surface area contributed by atoms with Gasteiger partial charge in [0.25, 0.3) is 0 Å². The Morgan fingerprint density at radius 1 is 1.38 bits per heavy atom. The number of aliphatic hydroxyl groups excluding tert-OH is 1. The van der Waals surface area contributed by atoms with Crippen molar-refractivity contribution >= 4 is 10.0 Å². The van der Waals surface area contributed by atoms with Gasteiger partial charge in [0.15, 0.2) is 0 Å². The number of aliphatic hydroxyl groups is 1. The van der Waals surface area contributed by atoms with Gasteiger partial charge >= 0.3 is 0 Å². The number of methoxy groups -OCH3 is 1. The van der Waals surface area contributed by atoms with Crippen LogP contribution < -0.4 is 4.72 Å². The molecular weight excluding hydrogens is 290 g/mol. The predicted octanol–water partition coefficient (Wildman–Crippen LogP) is 0.980. The van der Waals surface area contributed by atoms with Crippen molar-refractivity contribution in [2.24, 2.45) is 5.92 Å². The maximum absolute atomic E-state index is 12.4. The molecule has 0 aliphatic carbocycles. The number of hydrogen-bond donors (Lipinski definition) is 2. The topological polar surface area (TPSA) is 75.6 Å². The van der Waals surface area contributed by atoms with Gasteiger partial charge in [-0.2, -0.15) is 0 Å². The molecule has 21 heavy (non-hydrogen) atoms. The Kier molecular flexibility index (Phi) is 6.85. The second kappa shape index (κ2) is 8.15. The number of ether oxygens (including phenoxy) is 1. The van der Waals surface area contributed by atoms with E-state index in [0.29, 0.717) is 12.2 Å². The Bertz CT molecular complexity index is 614. The van der Waals surface area contributed by atoms with E-state index in [0.717, 1.165) is 0 Å². The highest BCUT2D eigenvalue weighted by Crippen LogP contribution is 2.13. The molecule has 1 unspecified atom stereocenters. The molecule has 0 fully saturated rings. The molecule has 0 aliphatic heterocycles. The normalized spacial score (nSPS) is 12.8. The van der Waals surface area contributed by atoms with Crippen molar-refractivity contribution in [3.8, 4) is 11.8 Å². The third kappa shape index (κ3) is 5.48. The quantitative estimate of drug-likeness (QED) is 0.768. The standard InChI is InChI=1S/C15H21NO4S/c1-12(2)15(11-20-3)16-21(18,19)14-8-4-6-13(10-14)7-5-9-17/h4,6,8,10,12,15-17H,9,11H2,1-3H3. The minimum Gasteiger partial charge on any atom is -0.384 e. The second-order valence-corrected chi connectivity index (χ2v) is 6.63. The molecule has 0 aliphatic rings. The van der Waals surface area contributed by atoms with Gasteiger partial charge in [0.1, 0.15) is 6.61 Å². The van der Waals surface area contributed by atoms with E-state index in [1.54, 1.807) is 12.1 Å². The summed E-state index contributed by atoms with van der Waals surface area (Å²) >= 11 is 0. The summed E-state index contributed by atoms with van der Waals surface area (Å²) in [6.07, 6.45) is 0. The van der Waals surface area contributed by atoms with E-state index in [-0.39, 0.29) is 23.5 Å². The van der Waals surface area contributed by atoms with Crippen molar-refractivity contribution in [3.63, 3.8) is 0 Å². The maximum atomic E-state index is 12.4. The molecule has 1 aromatic rings. The zero-order valence-electron chi connectivity index (χ0n) is 12.5. The Morgan fingerprint density at radius 3 is 2.67 bits per heavy atom. The van der Waals surface area contributed by atoms with E-state index in [1.165, 1.54) is 19.2 Å². The zero-order chi connectivity index (χ0) is 15.9. The number of sulfonamides is 1. The van der Waals surface area contributed by atoms with E-state index < -0.39 is 10.0 Å². The first-order valence-electron chi connectivity index (χ1n) is 6.61. The molecule has 0 heterocycles. The highest BCUT2D eigenvalue weighted by molar-refractivity contribution is 7.89. The monoisotopic (exact) mass is 311 g/mol. The van der Waals surface area contributed by atoms with Gasteiger partial charge in [-0.05, 0) is 24.1 Å². The minimum absolute atomic E-state index is 0.108.